The van der Waals surface area contributed by atoms with Crippen LogP contribution >= 0.6 is 0 Å². The van der Waals surface area contributed by atoms with Crippen LogP contribution in [0.5, 0.6) is 11.5 Å². The van der Waals surface area contributed by atoms with Gasteiger partial charge in [0.1, 0.15) is 11.5 Å². The monoisotopic (exact) mass is 439 g/mol. The first-order chi connectivity index (χ1) is 15.8. The minimum Gasteiger partial charge on any atom is -0.493 e. The van der Waals surface area contributed by atoms with Crippen molar-refractivity contribution in [1.82, 2.24) is 4.98 Å². The topological polar surface area (TPSA) is 31.4 Å². The second kappa shape index (κ2) is 16.6. The third kappa shape index (κ3) is 10.1. The molecule has 0 saturated heterocycles. The molecule has 0 amide bonds. The zero-order chi connectivity index (χ0) is 22.9. The summed E-state index contributed by atoms with van der Waals surface area (Å²) in [7, 11) is 0. The molecule has 0 radical (unpaired) electrons. The van der Waals surface area contributed by atoms with Gasteiger partial charge in [0.05, 0.1) is 19.4 Å². The summed E-state index contributed by atoms with van der Waals surface area (Å²) < 4.78 is 12.4. The lowest BCUT2D eigenvalue weighted by Crippen LogP contribution is -2.09. The van der Waals surface area contributed by atoms with Crippen LogP contribution in [0.2, 0.25) is 0 Å². The van der Waals surface area contributed by atoms with Crippen molar-refractivity contribution in [2.45, 2.75) is 97.8 Å². The normalized spacial score (nSPS) is 12.0. The standard InChI is InChI=1S/C29H45NO2/c1-4-6-8-10-11-12-16-22-31-29-23-30-21-20-27(29)26-18-14-15-19-28(26)32-24-25(3)17-13-9-7-5-2/h14-15,18-21,23,25H,4-13,16-17,22,24H2,1-3H3. The van der Waals surface area contributed by atoms with Crippen molar-refractivity contribution in [3.63, 3.8) is 0 Å². The molecule has 3 nitrogen and oxygen atoms in total. The first-order valence-corrected chi connectivity index (χ1v) is 13.0. The summed E-state index contributed by atoms with van der Waals surface area (Å²) in [6.45, 7) is 8.30. The van der Waals surface area contributed by atoms with E-state index in [1.807, 2.05) is 24.5 Å². The Bertz CT molecular complexity index is 731. The van der Waals surface area contributed by atoms with Gasteiger partial charge >= 0.3 is 0 Å². The number of benzene rings is 1. The summed E-state index contributed by atoms with van der Waals surface area (Å²) in [5.41, 5.74) is 2.15. The van der Waals surface area contributed by atoms with Gasteiger partial charge in [0.15, 0.2) is 0 Å². The highest BCUT2D eigenvalue weighted by Crippen LogP contribution is 2.36. The average molecular weight is 440 g/mol. The van der Waals surface area contributed by atoms with Crippen LogP contribution in [0, 0.1) is 5.92 Å². The van der Waals surface area contributed by atoms with Gasteiger partial charge in [0.2, 0.25) is 0 Å². The van der Waals surface area contributed by atoms with Gasteiger partial charge in [-0.1, -0.05) is 103 Å². The van der Waals surface area contributed by atoms with E-state index in [1.165, 1.54) is 70.6 Å². The van der Waals surface area contributed by atoms with Crippen LogP contribution in [0.3, 0.4) is 0 Å². The highest BCUT2D eigenvalue weighted by atomic mass is 16.5. The summed E-state index contributed by atoms with van der Waals surface area (Å²) in [5.74, 6) is 2.34. The number of hydrogen-bond donors (Lipinski definition) is 0. The van der Waals surface area contributed by atoms with Crippen LogP contribution in [-0.4, -0.2) is 18.2 Å². The molecule has 2 aromatic rings. The molecule has 0 fully saturated rings. The van der Waals surface area contributed by atoms with Crippen LogP contribution in [0.4, 0.5) is 0 Å². The zero-order valence-electron chi connectivity index (χ0n) is 20.8. The van der Waals surface area contributed by atoms with Crippen molar-refractivity contribution in [2.75, 3.05) is 13.2 Å². The Kier molecular flexibility index (Phi) is 13.6. The second-order valence-electron chi connectivity index (χ2n) is 9.10. The van der Waals surface area contributed by atoms with Crippen LogP contribution < -0.4 is 9.47 Å². The summed E-state index contributed by atoms with van der Waals surface area (Å²) in [6.07, 6.45) is 19.1. The SMILES string of the molecule is CCCCCCCCCOc1cnccc1-c1ccccc1OCC(C)CCCCCC. The van der Waals surface area contributed by atoms with E-state index >= 15 is 0 Å². The molecular weight excluding hydrogens is 394 g/mol. The lowest BCUT2D eigenvalue weighted by atomic mass is 10.0. The third-order valence-electron chi connectivity index (χ3n) is 6.04. The third-order valence-corrected chi connectivity index (χ3v) is 6.04. The van der Waals surface area contributed by atoms with Crippen molar-refractivity contribution in [2.24, 2.45) is 5.92 Å². The van der Waals surface area contributed by atoms with Gasteiger partial charge in [-0.2, -0.15) is 0 Å². The highest BCUT2D eigenvalue weighted by Gasteiger charge is 2.13. The summed E-state index contributed by atoms with van der Waals surface area (Å²) in [6, 6.07) is 10.3. The minimum absolute atomic E-state index is 0.561. The molecule has 0 aliphatic rings. The number of rotatable bonds is 18. The fraction of sp³-hybridized carbons (Fsp3) is 0.621. The van der Waals surface area contributed by atoms with Crippen LogP contribution in [0.1, 0.15) is 97.8 Å². The van der Waals surface area contributed by atoms with Crippen molar-refractivity contribution in [3.05, 3.63) is 42.7 Å². The molecule has 0 saturated carbocycles. The van der Waals surface area contributed by atoms with E-state index in [1.54, 1.807) is 0 Å². The lowest BCUT2D eigenvalue weighted by Gasteiger charge is -2.17. The van der Waals surface area contributed by atoms with Gasteiger partial charge < -0.3 is 9.47 Å². The molecular formula is C29H45NO2. The van der Waals surface area contributed by atoms with E-state index < -0.39 is 0 Å². The first kappa shape index (κ1) is 26.2. The molecule has 1 atom stereocenters. The number of pyridine rings is 1. The molecule has 0 N–H and O–H groups in total. The zero-order valence-corrected chi connectivity index (χ0v) is 20.8. The van der Waals surface area contributed by atoms with Crippen LogP contribution in [-0.2, 0) is 0 Å². The molecule has 3 heteroatoms. The molecule has 1 aromatic heterocycles. The Morgan fingerprint density at radius 3 is 2.16 bits per heavy atom. The Labute approximate surface area is 197 Å². The van der Waals surface area contributed by atoms with Crippen molar-refractivity contribution in [1.29, 1.82) is 0 Å². The quantitative estimate of drug-likeness (QED) is 0.217. The predicted molar refractivity (Wildman–Crippen MR) is 137 cm³/mol. The van der Waals surface area contributed by atoms with E-state index in [-0.39, 0.29) is 0 Å². The molecule has 1 heterocycles. The Hall–Kier alpha value is -2.03. The smallest absolute Gasteiger partial charge is 0.145 e. The van der Waals surface area contributed by atoms with Gasteiger partial charge in [-0.15, -0.1) is 0 Å². The van der Waals surface area contributed by atoms with Gasteiger partial charge in [-0.25, -0.2) is 0 Å². The number of hydrogen-bond acceptors (Lipinski definition) is 3. The van der Waals surface area contributed by atoms with Crippen LogP contribution in [0.15, 0.2) is 42.7 Å². The van der Waals surface area contributed by atoms with E-state index in [0.29, 0.717) is 5.92 Å². The molecule has 0 spiro atoms. The number of para-hydroxylation sites is 1. The summed E-state index contributed by atoms with van der Waals surface area (Å²) >= 11 is 0. The maximum absolute atomic E-state index is 6.28. The van der Waals surface area contributed by atoms with Crippen molar-refractivity contribution < 1.29 is 9.47 Å². The number of aromatic nitrogens is 1. The number of ether oxygens (including phenoxy) is 2. The Morgan fingerprint density at radius 2 is 1.38 bits per heavy atom. The summed E-state index contributed by atoms with van der Waals surface area (Å²) in [4.78, 5) is 4.31. The molecule has 0 aliphatic heterocycles. The van der Waals surface area contributed by atoms with Gasteiger partial charge in [0, 0.05) is 17.3 Å². The van der Waals surface area contributed by atoms with Gasteiger partial charge in [-0.05, 0) is 30.9 Å². The number of unbranched alkanes of at least 4 members (excludes halogenated alkanes) is 9. The van der Waals surface area contributed by atoms with E-state index in [2.05, 4.69) is 44.0 Å². The predicted octanol–water partition coefficient (Wildman–Crippen LogP) is 8.86. The molecule has 1 unspecified atom stereocenters. The Balaban J connectivity index is 1.89. The average Bonchev–Trinajstić information content (AvgIpc) is 2.83. The summed E-state index contributed by atoms with van der Waals surface area (Å²) in [5, 5.41) is 0. The van der Waals surface area contributed by atoms with E-state index in [4.69, 9.17) is 9.47 Å². The molecule has 32 heavy (non-hydrogen) atoms. The molecule has 0 bridgehead atoms. The maximum atomic E-state index is 6.28. The van der Waals surface area contributed by atoms with Crippen LogP contribution in [0.25, 0.3) is 11.1 Å². The molecule has 0 aliphatic carbocycles. The highest BCUT2D eigenvalue weighted by molar-refractivity contribution is 5.75. The fourth-order valence-corrected chi connectivity index (χ4v) is 4.01. The molecule has 178 valence electrons. The first-order valence-electron chi connectivity index (χ1n) is 13.0. The van der Waals surface area contributed by atoms with E-state index in [0.717, 1.165) is 42.3 Å². The van der Waals surface area contributed by atoms with Crippen molar-refractivity contribution in [3.8, 4) is 22.6 Å². The maximum Gasteiger partial charge on any atom is 0.145 e. The molecule has 1 aromatic carbocycles. The van der Waals surface area contributed by atoms with E-state index in [9.17, 15) is 0 Å². The van der Waals surface area contributed by atoms with Gasteiger partial charge in [-0.3, -0.25) is 4.98 Å². The van der Waals surface area contributed by atoms with Gasteiger partial charge in [0.25, 0.3) is 0 Å². The fourth-order valence-electron chi connectivity index (χ4n) is 4.01. The minimum atomic E-state index is 0.561. The number of nitrogens with zero attached hydrogens (tertiary/aromatic N) is 1. The molecule has 2 rings (SSSR count). The largest absolute Gasteiger partial charge is 0.493 e. The lowest BCUT2D eigenvalue weighted by molar-refractivity contribution is 0.249. The second-order valence-corrected chi connectivity index (χ2v) is 9.10. The Morgan fingerprint density at radius 1 is 0.719 bits per heavy atom. The van der Waals surface area contributed by atoms with Crippen molar-refractivity contribution >= 4 is 0 Å².